The van der Waals surface area contributed by atoms with E-state index >= 15 is 0 Å². The van der Waals surface area contributed by atoms with Crippen molar-refractivity contribution in [2.24, 2.45) is 0 Å². The van der Waals surface area contributed by atoms with Gasteiger partial charge < -0.3 is 14.6 Å². The highest BCUT2D eigenvalue weighted by atomic mass is 19.1. The van der Waals surface area contributed by atoms with Crippen LogP contribution in [0.4, 0.5) is 4.39 Å². The van der Waals surface area contributed by atoms with Crippen LogP contribution in [0, 0.1) is 0 Å². The minimum atomic E-state index is -0.873. The van der Waals surface area contributed by atoms with Crippen molar-refractivity contribution in [3.63, 3.8) is 0 Å². The molecule has 0 radical (unpaired) electrons. The van der Waals surface area contributed by atoms with E-state index in [4.69, 9.17) is 9.26 Å². The van der Waals surface area contributed by atoms with E-state index in [0.717, 1.165) is 11.1 Å². The zero-order valence-electron chi connectivity index (χ0n) is 13.6. The van der Waals surface area contributed by atoms with Crippen molar-refractivity contribution in [2.45, 2.75) is 25.2 Å². The molecule has 0 spiro atoms. The van der Waals surface area contributed by atoms with Crippen LogP contribution in [-0.2, 0) is 6.61 Å². The first-order valence-corrected chi connectivity index (χ1v) is 8.27. The van der Waals surface area contributed by atoms with Gasteiger partial charge in [0.15, 0.2) is 0 Å². The van der Waals surface area contributed by atoms with Crippen LogP contribution in [0.3, 0.4) is 0 Å². The van der Waals surface area contributed by atoms with Gasteiger partial charge in [-0.2, -0.15) is 4.98 Å². The third-order valence-corrected chi connectivity index (χ3v) is 4.18. The topological polar surface area (TPSA) is 60.2 Å². The molecule has 0 saturated carbocycles. The number of halogens is 1. The van der Waals surface area contributed by atoms with Gasteiger partial charge in [0, 0.05) is 13.0 Å². The third-order valence-electron chi connectivity index (χ3n) is 4.18. The lowest BCUT2D eigenvalue weighted by Gasteiger charge is -2.09. The molecule has 1 saturated heterocycles. The fourth-order valence-corrected chi connectivity index (χ4v) is 2.88. The molecule has 1 aliphatic rings. The van der Waals surface area contributed by atoms with E-state index < -0.39 is 6.17 Å². The fraction of sp³-hybridized carbons (Fsp3) is 0.263. The zero-order valence-corrected chi connectivity index (χ0v) is 13.6. The van der Waals surface area contributed by atoms with Gasteiger partial charge in [0.25, 0.3) is 0 Å². The number of aromatic nitrogens is 2. The van der Waals surface area contributed by atoms with Gasteiger partial charge in [-0.25, -0.2) is 4.39 Å². The van der Waals surface area contributed by atoms with Crippen molar-refractivity contribution in [2.75, 3.05) is 6.54 Å². The van der Waals surface area contributed by atoms with E-state index in [1.165, 1.54) is 0 Å². The lowest BCUT2D eigenvalue weighted by molar-refractivity contribution is 0.307. The Morgan fingerprint density at radius 3 is 2.72 bits per heavy atom. The summed E-state index contributed by atoms with van der Waals surface area (Å²) in [6.07, 6.45) is -0.518. The second-order valence-electron chi connectivity index (χ2n) is 6.02. The normalized spacial score (nSPS) is 19.9. The monoisotopic (exact) mass is 339 g/mol. The molecule has 0 amide bonds. The first-order chi connectivity index (χ1) is 12.3. The van der Waals surface area contributed by atoms with Gasteiger partial charge in [0.1, 0.15) is 18.5 Å². The van der Waals surface area contributed by atoms with Crippen LogP contribution in [0.2, 0.25) is 0 Å². The van der Waals surface area contributed by atoms with Gasteiger partial charge in [-0.05, 0) is 17.7 Å². The third kappa shape index (κ3) is 3.53. The summed E-state index contributed by atoms with van der Waals surface area (Å²) >= 11 is 0. The zero-order chi connectivity index (χ0) is 17.1. The number of hydrogen-bond donors (Lipinski definition) is 1. The molecule has 5 nitrogen and oxygen atoms in total. The second kappa shape index (κ2) is 7.03. The maximum Gasteiger partial charge on any atom is 0.244 e. The van der Waals surface area contributed by atoms with Crippen LogP contribution < -0.4 is 10.1 Å². The largest absolute Gasteiger partial charge is 0.488 e. The highest BCUT2D eigenvalue weighted by Crippen LogP contribution is 2.30. The maximum absolute atomic E-state index is 13.3. The quantitative estimate of drug-likeness (QED) is 0.768. The highest BCUT2D eigenvalue weighted by molar-refractivity contribution is 5.63. The minimum absolute atomic E-state index is 0.228. The van der Waals surface area contributed by atoms with Crippen LogP contribution in [0.1, 0.15) is 23.9 Å². The summed E-state index contributed by atoms with van der Waals surface area (Å²) in [6.45, 7) is 0.773. The summed E-state index contributed by atoms with van der Waals surface area (Å²) in [7, 11) is 0. The molecule has 2 heterocycles. The summed E-state index contributed by atoms with van der Waals surface area (Å²) in [6, 6.07) is 17.3. The molecule has 0 bridgehead atoms. The predicted octanol–water partition coefficient (Wildman–Crippen LogP) is 3.69. The number of alkyl halides is 1. The van der Waals surface area contributed by atoms with Gasteiger partial charge in [-0.15, -0.1) is 0 Å². The van der Waals surface area contributed by atoms with Crippen LogP contribution in [0.15, 0.2) is 59.1 Å². The number of para-hydroxylation sites is 1. The summed E-state index contributed by atoms with van der Waals surface area (Å²) in [5, 5.41) is 7.09. The second-order valence-corrected chi connectivity index (χ2v) is 6.02. The maximum atomic E-state index is 13.3. The molecule has 2 atom stereocenters. The first kappa shape index (κ1) is 15.8. The Kier molecular flexibility index (Phi) is 4.43. The number of nitrogens with zero attached hydrogens (tertiary/aromatic N) is 2. The first-order valence-electron chi connectivity index (χ1n) is 8.27. The van der Waals surface area contributed by atoms with Crippen molar-refractivity contribution < 1.29 is 13.7 Å². The number of ether oxygens (including phenoxy) is 1. The van der Waals surface area contributed by atoms with E-state index in [2.05, 4.69) is 15.5 Å². The summed E-state index contributed by atoms with van der Waals surface area (Å²) in [5.41, 5.74) is 1.83. The number of hydrogen-bond acceptors (Lipinski definition) is 5. The minimum Gasteiger partial charge on any atom is -0.488 e. The molecule has 128 valence electrons. The summed E-state index contributed by atoms with van der Waals surface area (Å²) < 4.78 is 24.6. The lowest BCUT2D eigenvalue weighted by Crippen LogP contribution is -2.14. The van der Waals surface area contributed by atoms with Gasteiger partial charge in [-0.1, -0.05) is 47.6 Å². The SMILES string of the molecule is F[C@@H]1CN[C@@H](c2nc(-c3ccccc3OCc3ccccc3)no2)C1. The van der Waals surface area contributed by atoms with Crippen molar-refractivity contribution in [3.05, 3.63) is 66.1 Å². The van der Waals surface area contributed by atoms with Crippen molar-refractivity contribution in [1.29, 1.82) is 0 Å². The van der Waals surface area contributed by atoms with Gasteiger partial charge in [0.05, 0.1) is 11.6 Å². The predicted molar refractivity (Wildman–Crippen MR) is 90.8 cm³/mol. The molecule has 2 aromatic carbocycles. The fourth-order valence-electron chi connectivity index (χ4n) is 2.88. The summed E-state index contributed by atoms with van der Waals surface area (Å²) in [5.74, 6) is 1.54. The Hall–Kier alpha value is -2.73. The highest BCUT2D eigenvalue weighted by Gasteiger charge is 2.29. The van der Waals surface area contributed by atoms with E-state index in [9.17, 15) is 4.39 Å². The Bertz CT molecular complexity index is 837. The smallest absolute Gasteiger partial charge is 0.244 e. The van der Waals surface area contributed by atoms with E-state index in [1.54, 1.807) is 0 Å². The number of benzene rings is 2. The van der Waals surface area contributed by atoms with Crippen molar-refractivity contribution in [1.82, 2.24) is 15.5 Å². The Morgan fingerprint density at radius 2 is 1.92 bits per heavy atom. The van der Waals surface area contributed by atoms with E-state index in [0.29, 0.717) is 37.0 Å². The van der Waals surface area contributed by atoms with Crippen LogP contribution >= 0.6 is 0 Å². The van der Waals surface area contributed by atoms with Crippen molar-refractivity contribution >= 4 is 0 Å². The molecule has 1 fully saturated rings. The van der Waals surface area contributed by atoms with E-state index in [-0.39, 0.29) is 6.04 Å². The van der Waals surface area contributed by atoms with Gasteiger partial charge in [0.2, 0.25) is 11.7 Å². The molecular weight excluding hydrogens is 321 g/mol. The molecule has 3 aromatic rings. The Morgan fingerprint density at radius 1 is 1.12 bits per heavy atom. The molecular formula is C19H18FN3O2. The summed E-state index contributed by atoms with van der Waals surface area (Å²) in [4.78, 5) is 4.43. The van der Waals surface area contributed by atoms with Gasteiger partial charge >= 0.3 is 0 Å². The average molecular weight is 339 g/mol. The number of rotatable bonds is 5. The standard InChI is InChI=1S/C19H18FN3O2/c20-14-10-16(21-11-14)19-22-18(23-25-19)15-8-4-5-9-17(15)24-12-13-6-2-1-3-7-13/h1-9,14,16,21H,10-12H2/t14-,16+/m0/s1. The van der Waals surface area contributed by atoms with Crippen LogP contribution in [-0.4, -0.2) is 22.9 Å². The van der Waals surface area contributed by atoms with E-state index in [1.807, 2.05) is 54.6 Å². The Balaban J connectivity index is 1.53. The molecule has 25 heavy (non-hydrogen) atoms. The molecule has 6 heteroatoms. The molecule has 0 unspecified atom stereocenters. The van der Waals surface area contributed by atoms with Gasteiger partial charge in [-0.3, -0.25) is 0 Å². The molecule has 1 N–H and O–H groups in total. The molecule has 4 rings (SSSR count). The lowest BCUT2D eigenvalue weighted by atomic mass is 10.2. The molecule has 1 aliphatic heterocycles. The van der Waals surface area contributed by atoms with Crippen LogP contribution in [0.5, 0.6) is 5.75 Å². The number of nitrogens with one attached hydrogen (secondary N) is 1. The van der Waals surface area contributed by atoms with Crippen molar-refractivity contribution in [3.8, 4) is 17.1 Å². The average Bonchev–Trinajstić information content (AvgIpc) is 3.30. The van der Waals surface area contributed by atoms with Crippen LogP contribution in [0.25, 0.3) is 11.4 Å². The molecule has 0 aliphatic carbocycles. The Labute approximate surface area is 144 Å². The molecule has 1 aromatic heterocycles.